The molecule has 106 valence electrons. The van der Waals surface area contributed by atoms with Crippen molar-refractivity contribution in [3.05, 3.63) is 22.2 Å². The molecule has 1 atom stereocenters. The second kappa shape index (κ2) is 5.63. The van der Waals surface area contributed by atoms with Crippen LogP contribution in [0.1, 0.15) is 6.92 Å². The third-order valence-electron chi connectivity index (χ3n) is 2.36. The van der Waals surface area contributed by atoms with Crippen LogP contribution in [-0.2, 0) is 14.8 Å². The number of thiophene rings is 1. The Bertz CT molecular complexity index is 594. The zero-order chi connectivity index (χ0) is 14.8. The van der Waals surface area contributed by atoms with Gasteiger partial charge in [0.1, 0.15) is 4.21 Å². The van der Waals surface area contributed by atoms with E-state index in [0.717, 1.165) is 16.4 Å². The van der Waals surface area contributed by atoms with Gasteiger partial charge in [-0.15, -0.1) is 0 Å². The van der Waals surface area contributed by atoms with Gasteiger partial charge in [0.05, 0.1) is 10.8 Å². The maximum absolute atomic E-state index is 12.0. The minimum atomic E-state index is -3.90. The van der Waals surface area contributed by atoms with Gasteiger partial charge in [-0.25, -0.2) is 8.42 Å². The van der Waals surface area contributed by atoms with Gasteiger partial charge < -0.3 is 5.11 Å². The smallest absolute Gasteiger partial charge is 0.325 e. The van der Waals surface area contributed by atoms with Gasteiger partial charge in [-0.1, -0.05) is 6.92 Å². The van der Waals surface area contributed by atoms with E-state index < -0.39 is 26.8 Å². The highest BCUT2D eigenvalue weighted by Crippen LogP contribution is 2.29. The first-order valence-corrected chi connectivity index (χ1v) is 7.35. The molecule has 0 saturated carbocycles. The summed E-state index contributed by atoms with van der Waals surface area (Å²) in [5.41, 5.74) is 0. The van der Waals surface area contributed by atoms with Crippen LogP contribution in [0, 0.1) is 16.0 Å². The minimum Gasteiger partial charge on any atom is -0.481 e. The van der Waals surface area contributed by atoms with Crippen molar-refractivity contribution in [3.8, 4) is 0 Å². The van der Waals surface area contributed by atoms with E-state index in [1.54, 1.807) is 0 Å². The van der Waals surface area contributed by atoms with E-state index in [2.05, 4.69) is 0 Å². The summed E-state index contributed by atoms with van der Waals surface area (Å²) in [7, 11) is -2.66. The lowest BCUT2D eigenvalue weighted by Gasteiger charge is -2.17. The molecule has 1 aromatic heterocycles. The highest BCUT2D eigenvalue weighted by molar-refractivity contribution is 7.91. The molecule has 0 aliphatic rings. The number of carbonyl (C=O) groups is 1. The second-order valence-electron chi connectivity index (χ2n) is 3.87. The fraction of sp³-hybridized carbons (Fsp3) is 0.444. The van der Waals surface area contributed by atoms with Gasteiger partial charge in [-0.2, -0.15) is 4.31 Å². The number of hydrogen-bond acceptors (Lipinski definition) is 6. The van der Waals surface area contributed by atoms with Gasteiger partial charge in [0.2, 0.25) is 0 Å². The molecule has 1 rings (SSSR count). The Morgan fingerprint density at radius 3 is 2.58 bits per heavy atom. The highest BCUT2D eigenvalue weighted by Gasteiger charge is 2.27. The summed E-state index contributed by atoms with van der Waals surface area (Å²) in [6.45, 7) is 1.18. The first-order chi connectivity index (χ1) is 8.66. The maximum Gasteiger partial charge on any atom is 0.325 e. The molecular weight excluding hydrogens is 296 g/mol. The first-order valence-electron chi connectivity index (χ1n) is 5.09. The molecule has 1 unspecified atom stereocenters. The van der Waals surface area contributed by atoms with E-state index in [-0.39, 0.29) is 15.8 Å². The Morgan fingerprint density at radius 2 is 2.16 bits per heavy atom. The van der Waals surface area contributed by atoms with E-state index in [0.29, 0.717) is 11.3 Å². The summed E-state index contributed by atoms with van der Waals surface area (Å²) in [6.07, 6.45) is 0. The van der Waals surface area contributed by atoms with Crippen LogP contribution in [0.2, 0.25) is 0 Å². The summed E-state index contributed by atoms with van der Waals surface area (Å²) in [6, 6.07) is 2.24. The minimum absolute atomic E-state index is 0.181. The number of aliphatic carboxylic acids is 1. The number of hydrogen-bond donors (Lipinski definition) is 1. The second-order valence-corrected chi connectivity index (χ2v) is 7.21. The Hall–Kier alpha value is -1.52. The molecule has 1 aromatic rings. The normalized spacial score (nSPS) is 13.4. The summed E-state index contributed by atoms with van der Waals surface area (Å²) in [5.74, 6) is -1.98. The van der Waals surface area contributed by atoms with Crippen molar-refractivity contribution >= 4 is 32.3 Å². The number of carboxylic acid groups (broad SMARTS) is 1. The van der Waals surface area contributed by atoms with Crippen LogP contribution in [-0.4, -0.2) is 42.3 Å². The molecule has 0 aromatic carbocycles. The molecular formula is C9H12N2O6S2. The Kier molecular flexibility index (Phi) is 4.61. The van der Waals surface area contributed by atoms with Crippen LogP contribution >= 0.6 is 11.3 Å². The van der Waals surface area contributed by atoms with Crippen molar-refractivity contribution in [2.75, 3.05) is 13.6 Å². The van der Waals surface area contributed by atoms with Gasteiger partial charge in [-0.3, -0.25) is 14.9 Å². The molecule has 0 saturated heterocycles. The average Bonchev–Trinajstić information content (AvgIpc) is 2.78. The van der Waals surface area contributed by atoms with E-state index >= 15 is 0 Å². The highest BCUT2D eigenvalue weighted by atomic mass is 32.2. The molecule has 0 spiro atoms. The van der Waals surface area contributed by atoms with Crippen molar-refractivity contribution in [1.82, 2.24) is 4.31 Å². The van der Waals surface area contributed by atoms with E-state index in [1.807, 2.05) is 0 Å². The summed E-state index contributed by atoms with van der Waals surface area (Å²) in [4.78, 5) is 20.5. The molecule has 0 amide bonds. The van der Waals surface area contributed by atoms with Gasteiger partial charge in [-0.05, 0) is 17.4 Å². The predicted octanol–water partition coefficient (Wildman–Crippen LogP) is 0.998. The monoisotopic (exact) mass is 308 g/mol. The predicted molar refractivity (Wildman–Crippen MR) is 67.6 cm³/mol. The molecule has 0 fully saturated rings. The quantitative estimate of drug-likeness (QED) is 0.618. The van der Waals surface area contributed by atoms with Crippen molar-refractivity contribution in [3.63, 3.8) is 0 Å². The lowest BCUT2D eigenvalue weighted by molar-refractivity contribution is -0.380. The summed E-state index contributed by atoms with van der Waals surface area (Å²) < 4.78 is 24.8. The van der Waals surface area contributed by atoms with Crippen LogP contribution < -0.4 is 0 Å². The van der Waals surface area contributed by atoms with Crippen LogP contribution in [0.25, 0.3) is 0 Å². The number of rotatable bonds is 6. The SMILES string of the molecule is CC(CN(C)S(=O)(=O)c1ccc([N+](=O)[O-])s1)C(=O)O. The van der Waals surface area contributed by atoms with Crippen molar-refractivity contribution in [2.24, 2.45) is 5.92 Å². The summed E-state index contributed by atoms with van der Waals surface area (Å²) in [5, 5.41) is 19.0. The molecule has 0 bridgehead atoms. The van der Waals surface area contributed by atoms with Gasteiger partial charge in [0, 0.05) is 19.7 Å². The standard InChI is InChI=1S/C9H12N2O6S2/c1-6(9(12)13)5-10(2)19(16,17)8-4-3-7(18-8)11(14)15/h3-4,6H,5H2,1-2H3,(H,12,13). The third kappa shape index (κ3) is 3.49. The molecule has 0 aliphatic heterocycles. The van der Waals surface area contributed by atoms with E-state index in [9.17, 15) is 23.3 Å². The molecule has 0 aliphatic carbocycles. The third-order valence-corrected chi connectivity index (χ3v) is 5.69. The van der Waals surface area contributed by atoms with Crippen LogP contribution in [0.5, 0.6) is 0 Å². The van der Waals surface area contributed by atoms with Gasteiger partial charge >= 0.3 is 11.0 Å². The molecule has 19 heavy (non-hydrogen) atoms. The van der Waals surface area contributed by atoms with Crippen molar-refractivity contribution in [1.29, 1.82) is 0 Å². The van der Waals surface area contributed by atoms with E-state index in [4.69, 9.17) is 5.11 Å². The fourth-order valence-electron chi connectivity index (χ4n) is 1.26. The number of nitrogens with zero attached hydrogens (tertiary/aromatic N) is 2. The van der Waals surface area contributed by atoms with Crippen LogP contribution in [0.15, 0.2) is 16.3 Å². The molecule has 8 nitrogen and oxygen atoms in total. The van der Waals surface area contributed by atoms with Crippen LogP contribution in [0.4, 0.5) is 5.00 Å². The largest absolute Gasteiger partial charge is 0.481 e. The summed E-state index contributed by atoms with van der Waals surface area (Å²) >= 11 is 0.536. The zero-order valence-electron chi connectivity index (χ0n) is 10.1. The number of nitro groups is 1. The lowest BCUT2D eigenvalue weighted by Crippen LogP contribution is -2.33. The maximum atomic E-state index is 12.0. The van der Waals surface area contributed by atoms with E-state index in [1.165, 1.54) is 14.0 Å². The Balaban J connectivity index is 2.96. The van der Waals surface area contributed by atoms with Crippen molar-refractivity contribution < 1.29 is 23.2 Å². The number of carboxylic acids is 1. The topological polar surface area (TPSA) is 118 Å². The fourth-order valence-corrected chi connectivity index (χ4v) is 3.84. The zero-order valence-corrected chi connectivity index (χ0v) is 11.8. The Labute approximate surface area is 113 Å². The van der Waals surface area contributed by atoms with Gasteiger partial charge in [0.15, 0.2) is 0 Å². The lowest BCUT2D eigenvalue weighted by atomic mass is 10.2. The number of sulfonamides is 1. The molecule has 1 N–H and O–H groups in total. The first kappa shape index (κ1) is 15.5. The molecule has 10 heteroatoms. The van der Waals surface area contributed by atoms with Crippen LogP contribution in [0.3, 0.4) is 0 Å². The average molecular weight is 308 g/mol. The van der Waals surface area contributed by atoms with Gasteiger partial charge in [0.25, 0.3) is 10.0 Å². The molecule has 0 radical (unpaired) electrons. The van der Waals surface area contributed by atoms with Crippen molar-refractivity contribution in [2.45, 2.75) is 11.1 Å². The molecule has 1 heterocycles. The Morgan fingerprint density at radius 1 is 1.58 bits per heavy atom.